The van der Waals surface area contributed by atoms with Crippen molar-refractivity contribution < 1.29 is 10.1 Å². The number of benzene rings is 1. The Hall–Kier alpha value is -1.63. The number of pyridine rings is 1. The quantitative estimate of drug-likeness (QED) is 0.694. The van der Waals surface area contributed by atoms with Crippen molar-refractivity contribution in [2.75, 3.05) is 0 Å². The van der Waals surface area contributed by atoms with E-state index in [1.54, 1.807) is 12.1 Å². The molecule has 0 aliphatic heterocycles. The summed E-state index contributed by atoms with van der Waals surface area (Å²) >= 11 is 0. The third-order valence-electron chi connectivity index (χ3n) is 2.98. The molecule has 1 aromatic heterocycles. The van der Waals surface area contributed by atoms with Crippen LogP contribution in [0, 0.1) is 6.92 Å². The molecule has 1 atom stereocenters. The molecule has 0 aliphatic rings. The van der Waals surface area contributed by atoms with E-state index in [9.17, 15) is 0 Å². The Balaban J connectivity index is 2.77. The summed E-state index contributed by atoms with van der Waals surface area (Å²) in [7, 11) is 1.88. The SMILES string of the molecule is [2H]C([2H])([2H])C([2H])(C)c1ccc[n+](C)c1-c1ccccc1C. The molecule has 1 unspecified atom stereocenters. The topological polar surface area (TPSA) is 3.88 Å². The van der Waals surface area contributed by atoms with Crippen molar-refractivity contribution in [1.82, 2.24) is 0 Å². The van der Waals surface area contributed by atoms with Gasteiger partial charge in [0.05, 0.1) is 0 Å². The minimum atomic E-state index is -2.39. The maximum Gasteiger partial charge on any atom is 0.215 e. The monoisotopic (exact) mass is 230 g/mol. The highest BCUT2D eigenvalue weighted by Gasteiger charge is 2.18. The van der Waals surface area contributed by atoms with Crippen LogP contribution < -0.4 is 4.57 Å². The molecule has 0 radical (unpaired) electrons. The molecule has 17 heavy (non-hydrogen) atoms. The van der Waals surface area contributed by atoms with Crippen molar-refractivity contribution in [3.8, 4) is 11.3 Å². The van der Waals surface area contributed by atoms with Gasteiger partial charge in [-0.25, -0.2) is 4.57 Å². The highest BCUT2D eigenvalue weighted by molar-refractivity contribution is 5.64. The number of aryl methyl sites for hydroxylation is 2. The molecular weight excluding hydrogens is 206 g/mol. The van der Waals surface area contributed by atoms with Crippen LogP contribution in [-0.4, -0.2) is 0 Å². The number of hydrogen-bond acceptors (Lipinski definition) is 0. The fourth-order valence-corrected chi connectivity index (χ4v) is 2.09. The fourth-order valence-electron chi connectivity index (χ4n) is 2.09. The molecule has 88 valence electrons. The third kappa shape index (κ3) is 2.23. The van der Waals surface area contributed by atoms with Gasteiger partial charge in [0.2, 0.25) is 5.69 Å². The van der Waals surface area contributed by atoms with E-state index in [1.165, 1.54) is 6.92 Å². The zero-order chi connectivity index (χ0) is 15.8. The summed E-state index contributed by atoms with van der Waals surface area (Å²) in [4.78, 5) is 0. The number of hydrogen-bond donors (Lipinski definition) is 0. The van der Waals surface area contributed by atoms with Crippen LogP contribution in [0.5, 0.6) is 0 Å². The maximum atomic E-state index is 8.40. The number of rotatable bonds is 2. The van der Waals surface area contributed by atoms with Crippen LogP contribution in [0.2, 0.25) is 0 Å². The summed E-state index contributed by atoms with van der Waals surface area (Å²) in [5, 5.41) is 0. The lowest BCUT2D eigenvalue weighted by atomic mass is 9.94. The van der Waals surface area contributed by atoms with Gasteiger partial charge in [0, 0.05) is 22.7 Å². The molecule has 1 heterocycles. The summed E-state index contributed by atoms with van der Waals surface area (Å²) < 4.78 is 33.4. The predicted molar refractivity (Wildman–Crippen MR) is 71.9 cm³/mol. The third-order valence-corrected chi connectivity index (χ3v) is 2.98. The Morgan fingerprint density at radius 2 is 2.00 bits per heavy atom. The fraction of sp³-hybridized carbons (Fsp3) is 0.312. The molecule has 2 rings (SSSR count). The number of nitrogens with zero attached hydrogens (tertiary/aromatic N) is 1. The minimum Gasteiger partial charge on any atom is -0.201 e. The second-order valence-corrected chi connectivity index (χ2v) is 4.32. The molecule has 1 nitrogen and oxygen atoms in total. The second kappa shape index (κ2) is 4.70. The Bertz CT molecular complexity index is 660. The molecule has 0 aliphatic carbocycles. The summed E-state index contributed by atoms with van der Waals surface area (Å²) in [5.41, 5.74) is 3.31. The Morgan fingerprint density at radius 3 is 2.71 bits per heavy atom. The molecule has 0 amide bonds. The molecule has 0 bridgehead atoms. The second-order valence-electron chi connectivity index (χ2n) is 4.32. The van der Waals surface area contributed by atoms with Gasteiger partial charge in [0.15, 0.2) is 6.20 Å². The van der Waals surface area contributed by atoms with Crippen LogP contribution in [0.4, 0.5) is 0 Å². The lowest BCUT2D eigenvalue weighted by Gasteiger charge is -2.11. The van der Waals surface area contributed by atoms with E-state index >= 15 is 0 Å². The normalized spacial score (nSPS) is 18.5. The summed E-state index contributed by atoms with van der Waals surface area (Å²) in [6.45, 7) is 1.05. The van der Waals surface area contributed by atoms with E-state index < -0.39 is 12.7 Å². The van der Waals surface area contributed by atoms with Crippen molar-refractivity contribution >= 4 is 0 Å². The molecule has 0 spiro atoms. The molecular formula is C16H20N+. The summed E-state index contributed by atoms with van der Waals surface area (Å²) in [6, 6.07) is 11.4. The zero-order valence-electron chi connectivity index (χ0n) is 14.5. The minimum absolute atomic E-state index is 0.516. The lowest BCUT2D eigenvalue weighted by molar-refractivity contribution is -0.660. The van der Waals surface area contributed by atoms with Gasteiger partial charge in [-0.1, -0.05) is 32.0 Å². The van der Waals surface area contributed by atoms with Crippen LogP contribution in [-0.2, 0) is 7.05 Å². The Labute approximate surface area is 109 Å². The maximum absolute atomic E-state index is 8.40. The van der Waals surface area contributed by atoms with Gasteiger partial charge < -0.3 is 0 Å². The van der Waals surface area contributed by atoms with Gasteiger partial charge in [-0.15, -0.1) is 0 Å². The van der Waals surface area contributed by atoms with Gasteiger partial charge in [-0.2, -0.15) is 0 Å². The first-order valence-electron chi connectivity index (χ1n) is 7.71. The van der Waals surface area contributed by atoms with Gasteiger partial charge in [-0.3, -0.25) is 0 Å². The first kappa shape index (κ1) is 7.65. The van der Waals surface area contributed by atoms with Crippen molar-refractivity contribution in [2.24, 2.45) is 7.05 Å². The molecule has 0 fully saturated rings. The van der Waals surface area contributed by atoms with Crippen molar-refractivity contribution in [3.63, 3.8) is 0 Å². The molecule has 0 saturated heterocycles. The van der Waals surface area contributed by atoms with E-state index in [-0.39, 0.29) is 0 Å². The smallest absolute Gasteiger partial charge is 0.201 e. The standard InChI is InChI=1S/C16H20N/c1-12(2)14-10-7-11-17(4)16(14)15-9-6-5-8-13(15)3/h5-12H,1-4H3/q+1/i1D3,12D. The molecule has 0 saturated carbocycles. The first-order chi connectivity index (χ1) is 9.66. The Morgan fingerprint density at radius 1 is 1.24 bits per heavy atom. The van der Waals surface area contributed by atoms with Crippen LogP contribution in [0.1, 0.15) is 36.3 Å². The van der Waals surface area contributed by atoms with Crippen molar-refractivity contribution in [1.29, 1.82) is 0 Å². The highest BCUT2D eigenvalue weighted by atomic mass is 14.9. The lowest BCUT2D eigenvalue weighted by Crippen LogP contribution is -2.32. The van der Waals surface area contributed by atoms with E-state index in [4.69, 9.17) is 5.48 Å². The molecule has 1 aromatic carbocycles. The van der Waals surface area contributed by atoms with E-state index in [0.29, 0.717) is 5.56 Å². The van der Waals surface area contributed by atoms with E-state index in [2.05, 4.69) is 0 Å². The van der Waals surface area contributed by atoms with E-state index in [1.807, 2.05) is 49.0 Å². The first-order valence-corrected chi connectivity index (χ1v) is 5.71. The van der Waals surface area contributed by atoms with Gasteiger partial charge in [-0.05, 0) is 30.5 Å². The van der Waals surface area contributed by atoms with E-state index in [0.717, 1.165) is 16.8 Å². The van der Waals surface area contributed by atoms with Gasteiger partial charge in [0.1, 0.15) is 7.05 Å². The van der Waals surface area contributed by atoms with Crippen molar-refractivity contribution in [3.05, 3.63) is 53.7 Å². The average molecular weight is 230 g/mol. The summed E-state index contributed by atoms with van der Waals surface area (Å²) in [5.74, 6) is -1.66. The predicted octanol–water partition coefficient (Wildman–Crippen LogP) is 3.61. The molecule has 2 aromatic rings. The van der Waals surface area contributed by atoms with Crippen molar-refractivity contribution in [2.45, 2.75) is 26.6 Å². The van der Waals surface area contributed by atoms with Crippen LogP contribution >= 0.6 is 0 Å². The van der Waals surface area contributed by atoms with Gasteiger partial charge in [0.25, 0.3) is 0 Å². The molecule has 0 N–H and O–H groups in total. The zero-order valence-corrected chi connectivity index (χ0v) is 10.5. The van der Waals surface area contributed by atoms with Crippen LogP contribution in [0.25, 0.3) is 11.3 Å². The summed E-state index contributed by atoms with van der Waals surface area (Å²) in [6.07, 6.45) is 1.88. The highest BCUT2D eigenvalue weighted by Crippen LogP contribution is 2.27. The largest absolute Gasteiger partial charge is 0.215 e. The average Bonchev–Trinajstić information content (AvgIpc) is 2.38. The number of aromatic nitrogens is 1. The van der Waals surface area contributed by atoms with Crippen LogP contribution in [0.15, 0.2) is 42.6 Å². The Kier molecular flexibility index (Phi) is 2.12. The molecule has 1 heteroatoms. The van der Waals surface area contributed by atoms with Crippen LogP contribution in [0.3, 0.4) is 0 Å². The van der Waals surface area contributed by atoms with Gasteiger partial charge >= 0.3 is 0 Å².